The molecular weight excluding hydrogens is 232 g/mol. The van der Waals surface area contributed by atoms with Crippen molar-refractivity contribution < 1.29 is 18.9 Å². The molecule has 0 rings (SSSR count). The van der Waals surface area contributed by atoms with Crippen molar-refractivity contribution >= 4 is 0 Å². The molecule has 4 nitrogen and oxygen atoms in total. The zero-order chi connectivity index (χ0) is 13.6. The van der Waals surface area contributed by atoms with Crippen LogP contribution in [0.2, 0.25) is 0 Å². The molecule has 18 heavy (non-hydrogen) atoms. The van der Waals surface area contributed by atoms with Crippen LogP contribution in [0.15, 0.2) is 11.7 Å². The van der Waals surface area contributed by atoms with E-state index in [2.05, 4.69) is 13.8 Å². The quantitative estimate of drug-likeness (QED) is 0.304. The monoisotopic (exact) mass is 260 g/mol. The second-order valence-corrected chi connectivity index (χ2v) is 4.10. The molecular formula is C14H28O4. The highest BCUT2D eigenvalue weighted by Gasteiger charge is 2.09. The van der Waals surface area contributed by atoms with E-state index in [1.807, 2.05) is 0 Å². The Morgan fingerprint density at radius 3 is 2.17 bits per heavy atom. The maximum Gasteiger partial charge on any atom is 0.320 e. The van der Waals surface area contributed by atoms with Gasteiger partial charge in [-0.1, -0.05) is 33.1 Å². The number of hydrogen-bond acceptors (Lipinski definition) is 4. The first kappa shape index (κ1) is 17.1. The lowest BCUT2D eigenvalue weighted by Crippen LogP contribution is -2.06. The predicted octanol–water partition coefficient (Wildman–Crippen LogP) is 3.82. The minimum absolute atomic E-state index is 0.212. The summed E-state index contributed by atoms with van der Waals surface area (Å²) in [4.78, 5) is 0. The van der Waals surface area contributed by atoms with Gasteiger partial charge in [0.05, 0.1) is 20.8 Å². The van der Waals surface area contributed by atoms with Gasteiger partial charge < -0.3 is 18.9 Å². The van der Waals surface area contributed by atoms with Crippen molar-refractivity contribution in [3.8, 4) is 0 Å². The van der Waals surface area contributed by atoms with E-state index >= 15 is 0 Å². The average Bonchev–Trinajstić information content (AvgIpc) is 2.40. The van der Waals surface area contributed by atoms with Crippen LogP contribution in [-0.2, 0) is 18.9 Å². The van der Waals surface area contributed by atoms with Crippen LogP contribution >= 0.6 is 0 Å². The summed E-state index contributed by atoms with van der Waals surface area (Å²) < 4.78 is 21.3. The smallest absolute Gasteiger partial charge is 0.320 e. The first-order valence-electron chi connectivity index (χ1n) is 6.81. The maximum absolute atomic E-state index is 5.43. The fraction of sp³-hybridized carbons (Fsp3) is 0.857. The Hall–Kier alpha value is -0.900. The SMILES string of the molecule is CCCCC/C(OC)=C(\OC)OCOCCCC. The second kappa shape index (κ2) is 12.6. The minimum Gasteiger partial charge on any atom is -0.494 e. The Morgan fingerprint density at radius 1 is 0.889 bits per heavy atom. The molecule has 0 heterocycles. The van der Waals surface area contributed by atoms with Crippen LogP contribution in [-0.4, -0.2) is 27.6 Å². The van der Waals surface area contributed by atoms with Crippen LogP contribution in [0, 0.1) is 0 Å². The molecule has 0 aliphatic rings. The first-order valence-corrected chi connectivity index (χ1v) is 6.81. The fourth-order valence-corrected chi connectivity index (χ4v) is 1.48. The lowest BCUT2D eigenvalue weighted by Gasteiger charge is -2.14. The third-order valence-electron chi connectivity index (χ3n) is 2.58. The fourth-order valence-electron chi connectivity index (χ4n) is 1.48. The van der Waals surface area contributed by atoms with Crippen molar-refractivity contribution in [2.75, 3.05) is 27.6 Å². The lowest BCUT2D eigenvalue weighted by atomic mass is 10.2. The van der Waals surface area contributed by atoms with Crippen molar-refractivity contribution in [3.05, 3.63) is 11.7 Å². The molecule has 0 atom stereocenters. The van der Waals surface area contributed by atoms with E-state index in [4.69, 9.17) is 18.9 Å². The average molecular weight is 260 g/mol. The third kappa shape index (κ3) is 8.23. The van der Waals surface area contributed by atoms with Crippen molar-refractivity contribution in [1.82, 2.24) is 0 Å². The van der Waals surface area contributed by atoms with Crippen LogP contribution in [0.3, 0.4) is 0 Å². The van der Waals surface area contributed by atoms with Gasteiger partial charge >= 0.3 is 5.95 Å². The Morgan fingerprint density at radius 2 is 1.61 bits per heavy atom. The second-order valence-electron chi connectivity index (χ2n) is 4.10. The number of allylic oxidation sites excluding steroid dienone is 1. The molecule has 0 fully saturated rings. The lowest BCUT2D eigenvalue weighted by molar-refractivity contribution is -0.0745. The van der Waals surface area contributed by atoms with E-state index in [-0.39, 0.29) is 6.79 Å². The number of ether oxygens (including phenoxy) is 4. The van der Waals surface area contributed by atoms with Crippen LogP contribution < -0.4 is 0 Å². The van der Waals surface area contributed by atoms with Gasteiger partial charge in [0, 0.05) is 6.42 Å². The van der Waals surface area contributed by atoms with Gasteiger partial charge in [0.15, 0.2) is 12.6 Å². The molecule has 4 heteroatoms. The van der Waals surface area contributed by atoms with Gasteiger partial charge in [0.25, 0.3) is 0 Å². The maximum atomic E-state index is 5.43. The first-order chi connectivity index (χ1) is 8.79. The molecule has 0 saturated heterocycles. The van der Waals surface area contributed by atoms with E-state index in [1.165, 1.54) is 12.8 Å². The van der Waals surface area contributed by atoms with E-state index in [1.54, 1.807) is 14.2 Å². The van der Waals surface area contributed by atoms with Gasteiger partial charge in [-0.15, -0.1) is 0 Å². The predicted molar refractivity (Wildman–Crippen MR) is 72.0 cm³/mol. The summed E-state index contributed by atoms with van der Waals surface area (Å²) in [6, 6.07) is 0. The molecule has 0 amide bonds. The third-order valence-corrected chi connectivity index (χ3v) is 2.58. The molecule has 0 saturated carbocycles. The Balaban J connectivity index is 4.04. The zero-order valence-electron chi connectivity index (χ0n) is 12.3. The Kier molecular flexibility index (Phi) is 11.9. The van der Waals surface area contributed by atoms with Gasteiger partial charge in [-0.25, -0.2) is 0 Å². The van der Waals surface area contributed by atoms with Gasteiger partial charge in [-0.3, -0.25) is 0 Å². The van der Waals surface area contributed by atoms with Crippen LogP contribution in [0.1, 0.15) is 52.4 Å². The Bertz CT molecular complexity index is 214. The molecule has 0 bridgehead atoms. The number of unbranched alkanes of at least 4 members (excludes halogenated alkanes) is 3. The number of rotatable bonds is 12. The normalized spacial score (nSPS) is 12.0. The highest BCUT2D eigenvalue weighted by Crippen LogP contribution is 2.16. The molecule has 0 aromatic rings. The van der Waals surface area contributed by atoms with Gasteiger partial charge in [0.1, 0.15) is 0 Å². The zero-order valence-corrected chi connectivity index (χ0v) is 12.3. The van der Waals surface area contributed by atoms with Crippen molar-refractivity contribution in [3.63, 3.8) is 0 Å². The van der Waals surface area contributed by atoms with Crippen LogP contribution in [0.25, 0.3) is 0 Å². The van der Waals surface area contributed by atoms with Gasteiger partial charge in [-0.05, 0) is 12.8 Å². The summed E-state index contributed by atoms with van der Waals surface area (Å²) in [6.45, 7) is 5.22. The topological polar surface area (TPSA) is 36.9 Å². The molecule has 0 unspecified atom stereocenters. The summed E-state index contributed by atoms with van der Waals surface area (Å²) in [6.07, 6.45) is 6.43. The molecule has 0 spiro atoms. The Labute approximate surface area is 111 Å². The van der Waals surface area contributed by atoms with E-state index in [0.29, 0.717) is 12.6 Å². The minimum atomic E-state index is 0.212. The summed E-state index contributed by atoms with van der Waals surface area (Å²) in [5.74, 6) is 1.19. The summed E-state index contributed by atoms with van der Waals surface area (Å²) >= 11 is 0. The van der Waals surface area contributed by atoms with E-state index < -0.39 is 0 Å². The van der Waals surface area contributed by atoms with Crippen LogP contribution in [0.5, 0.6) is 0 Å². The highest BCUT2D eigenvalue weighted by molar-refractivity contribution is 4.94. The van der Waals surface area contributed by atoms with E-state index in [9.17, 15) is 0 Å². The highest BCUT2D eigenvalue weighted by atomic mass is 16.7. The van der Waals surface area contributed by atoms with Crippen LogP contribution in [0.4, 0.5) is 0 Å². The van der Waals surface area contributed by atoms with E-state index in [0.717, 1.165) is 31.4 Å². The summed E-state index contributed by atoms with van der Waals surface area (Å²) in [7, 11) is 3.22. The molecule has 0 aliphatic heterocycles. The summed E-state index contributed by atoms with van der Waals surface area (Å²) in [5.41, 5.74) is 0. The van der Waals surface area contributed by atoms with Gasteiger partial charge in [-0.2, -0.15) is 0 Å². The number of methoxy groups -OCH3 is 2. The molecule has 0 aliphatic carbocycles. The summed E-state index contributed by atoms with van der Waals surface area (Å²) in [5, 5.41) is 0. The number of hydrogen-bond donors (Lipinski definition) is 0. The van der Waals surface area contributed by atoms with Gasteiger partial charge in [0.2, 0.25) is 0 Å². The van der Waals surface area contributed by atoms with Crippen molar-refractivity contribution in [2.45, 2.75) is 52.4 Å². The van der Waals surface area contributed by atoms with Crippen molar-refractivity contribution in [2.24, 2.45) is 0 Å². The molecule has 108 valence electrons. The molecule has 0 aromatic heterocycles. The largest absolute Gasteiger partial charge is 0.494 e. The molecule has 0 aromatic carbocycles. The molecule has 0 radical (unpaired) electrons. The molecule has 0 N–H and O–H groups in total. The van der Waals surface area contributed by atoms with Crippen molar-refractivity contribution in [1.29, 1.82) is 0 Å². The standard InChI is InChI=1S/C14H28O4/c1-5-7-9-10-13(15-3)14(16-4)18-12-17-11-8-6-2/h5-12H2,1-4H3/b14-13-.